The van der Waals surface area contributed by atoms with Gasteiger partial charge in [-0.05, 0) is 25.5 Å². The third-order valence-electron chi connectivity index (χ3n) is 3.53. The first-order valence-electron chi connectivity index (χ1n) is 8.42. The molecule has 2 rings (SSSR count). The van der Waals surface area contributed by atoms with E-state index in [-0.39, 0.29) is 0 Å². The molecule has 25 heavy (non-hydrogen) atoms. The first-order chi connectivity index (χ1) is 12.2. The van der Waals surface area contributed by atoms with E-state index in [0.29, 0.717) is 24.1 Å². The summed E-state index contributed by atoms with van der Waals surface area (Å²) in [6.07, 6.45) is 3.87. The Balaban J connectivity index is 1.91. The van der Waals surface area contributed by atoms with Crippen LogP contribution in [0, 0.1) is 0 Å². The molecule has 0 atom stereocenters. The first-order valence-corrected chi connectivity index (χ1v) is 9.23. The van der Waals surface area contributed by atoms with Crippen molar-refractivity contribution in [2.24, 2.45) is 4.99 Å². The Bertz CT molecular complexity index is 700. The highest BCUT2D eigenvalue weighted by Gasteiger charge is 2.07. The van der Waals surface area contributed by atoms with Gasteiger partial charge in [0.15, 0.2) is 17.5 Å². The summed E-state index contributed by atoms with van der Waals surface area (Å²) < 4.78 is 10.9. The van der Waals surface area contributed by atoms with Crippen LogP contribution in [0.2, 0.25) is 0 Å². The molecule has 0 fully saturated rings. The smallest absolute Gasteiger partial charge is 0.195 e. The maximum atomic E-state index is 5.60. The summed E-state index contributed by atoms with van der Waals surface area (Å²) in [5, 5.41) is 7.72. The van der Waals surface area contributed by atoms with Gasteiger partial charge in [0.25, 0.3) is 0 Å². The molecule has 2 N–H and O–H groups in total. The number of aliphatic imine (C=N–C) groups is 1. The van der Waals surface area contributed by atoms with Gasteiger partial charge in [-0.15, -0.1) is 11.3 Å². The zero-order chi connectivity index (χ0) is 18.1. The summed E-state index contributed by atoms with van der Waals surface area (Å²) in [4.78, 5) is 10.0. The molecular weight excluding hydrogens is 336 g/mol. The van der Waals surface area contributed by atoms with Crippen molar-refractivity contribution in [2.75, 3.05) is 32.6 Å². The normalized spacial score (nSPS) is 11.3. The van der Waals surface area contributed by atoms with E-state index < -0.39 is 0 Å². The topological polar surface area (TPSA) is 67.8 Å². The molecule has 2 aromatic rings. The fraction of sp³-hybridized carbons (Fsp3) is 0.444. The Kier molecular flexibility index (Phi) is 7.53. The van der Waals surface area contributed by atoms with E-state index in [1.807, 2.05) is 31.3 Å². The number of anilines is 1. The van der Waals surface area contributed by atoms with Gasteiger partial charge in [0.2, 0.25) is 0 Å². The number of hydrogen-bond acceptors (Lipinski definition) is 5. The fourth-order valence-corrected chi connectivity index (χ4v) is 3.12. The molecule has 0 radical (unpaired) electrons. The Hall–Kier alpha value is -2.28. The van der Waals surface area contributed by atoms with Gasteiger partial charge < -0.3 is 20.1 Å². The number of nitrogens with one attached hydrogen (secondary N) is 2. The molecule has 6 nitrogen and oxygen atoms in total. The number of nitrogens with zero attached hydrogens (tertiary/aromatic N) is 2. The van der Waals surface area contributed by atoms with Crippen LogP contribution >= 0.6 is 11.3 Å². The largest absolute Gasteiger partial charge is 0.493 e. The molecule has 136 valence electrons. The van der Waals surface area contributed by atoms with Gasteiger partial charge in [0.05, 0.1) is 18.7 Å². The lowest BCUT2D eigenvalue weighted by Crippen LogP contribution is -2.32. The van der Waals surface area contributed by atoms with E-state index in [0.717, 1.165) is 30.1 Å². The van der Waals surface area contributed by atoms with Crippen LogP contribution in [0.15, 0.2) is 29.4 Å². The number of benzene rings is 1. The van der Waals surface area contributed by atoms with Crippen molar-refractivity contribution < 1.29 is 9.47 Å². The SMILES string of the molecule is CCOc1cc(NC(=NC)NCCc2ncc(CC)s2)ccc1OC. The molecule has 0 aliphatic carbocycles. The van der Waals surface area contributed by atoms with Crippen molar-refractivity contribution >= 4 is 23.0 Å². The highest BCUT2D eigenvalue weighted by atomic mass is 32.1. The number of ether oxygens (including phenoxy) is 2. The maximum Gasteiger partial charge on any atom is 0.195 e. The predicted octanol–water partition coefficient (Wildman–Crippen LogP) is 3.34. The number of guanidine groups is 1. The molecule has 0 aliphatic heterocycles. The lowest BCUT2D eigenvalue weighted by molar-refractivity contribution is 0.311. The second-order valence-electron chi connectivity index (χ2n) is 5.25. The van der Waals surface area contributed by atoms with Crippen molar-refractivity contribution in [3.8, 4) is 11.5 Å². The Morgan fingerprint density at radius 3 is 2.76 bits per heavy atom. The Morgan fingerprint density at radius 1 is 1.28 bits per heavy atom. The van der Waals surface area contributed by atoms with E-state index >= 15 is 0 Å². The number of aromatic nitrogens is 1. The number of thiazole rings is 1. The van der Waals surface area contributed by atoms with Crippen LogP contribution in [0.3, 0.4) is 0 Å². The highest BCUT2D eigenvalue weighted by molar-refractivity contribution is 7.11. The second-order valence-corrected chi connectivity index (χ2v) is 6.45. The lowest BCUT2D eigenvalue weighted by atomic mass is 10.2. The molecule has 1 heterocycles. The van der Waals surface area contributed by atoms with E-state index in [1.54, 1.807) is 25.5 Å². The molecule has 7 heteroatoms. The van der Waals surface area contributed by atoms with Gasteiger partial charge in [-0.25, -0.2) is 4.98 Å². The molecule has 0 spiro atoms. The van der Waals surface area contributed by atoms with Crippen molar-refractivity contribution in [1.29, 1.82) is 0 Å². The highest BCUT2D eigenvalue weighted by Crippen LogP contribution is 2.30. The molecule has 0 bridgehead atoms. The molecule has 0 saturated carbocycles. The van der Waals surface area contributed by atoms with Crippen LogP contribution < -0.4 is 20.1 Å². The third kappa shape index (κ3) is 5.63. The number of aryl methyl sites for hydroxylation is 1. The second kappa shape index (κ2) is 9.88. The molecule has 1 aromatic carbocycles. The van der Waals surface area contributed by atoms with Crippen LogP contribution in [0.25, 0.3) is 0 Å². The van der Waals surface area contributed by atoms with Crippen LogP contribution in [0.5, 0.6) is 11.5 Å². The fourth-order valence-electron chi connectivity index (χ4n) is 2.25. The quantitative estimate of drug-likeness (QED) is 0.557. The summed E-state index contributed by atoms with van der Waals surface area (Å²) in [5.41, 5.74) is 0.889. The third-order valence-corrected chi connectivity index (χ3v) is 4.73. The minimum Gasteiger partial charge on any atom is -0.493 e. The number of methoxy groups -OCH3 is 1. The van der Waals surface area contributed by atoms with Crippen LogP contribution in [0.1, 0.15) is 23.7 Å². The van der Waals surface area contributed by atoms with Crippen LogP contribution in [0.4, 0.5) is 5.69 Å². The zero-order valence-electron chi connectivity index (χ0n) is 15.3. The van der Waals surface area contributed by atoms with E-state index in [9.17, 15) is 0 Å². The monoisotopic (exact) mass is 362 g/mol. The van der Waals surface area contributed by atoms with E-state index in [2.05, 4.69) is 27.5 Å². The Labute approximate surface area is 153 Å². The van der Waals surface area contributed by atoms with Crippen molar-refractivity contribution in [1.82, 2.24) is 10.3 Å². The van der Waals surface area contributed by atoms with Crippen LogP contribution in [-0.4, -0.2) is 38.3 Å². The molecule has 1 aromatic heterocycles. The first kappa shape index (κ1) is 19.1. The summed E-state index contributed by atoms with van der Waals surface area (Å²) in [6.45, 7) is 5.44. The molecule has 0 aliphatic rings. The van der Waals surface area contributed by atoms with Gasteiger partial charge in [0.1, 0.15) is 0 Å². The summed E-state index contributed by atoms with van der Waals surface area (Å²) in [6, 6.07) is 5.72. The van der Waals surface area contributed by atoms with Crippen molar-refractivity contribution in [3.63, 3.8) is 0 Å². The minimum atomic E-state index is 0.584. The average Bonchev–Trinajstić information content (AvgIpc) is 3.09. The molecule has 0 amide bonds. The van der Waals surface area contributed by atoms with Gasteiger partial charge in [-0.3, -0.25) is 4.99 Å². The molecular formula is C18H26N4O2S. The standard InChI is InChI=1S/C18H26N4O2S/c1-5-14-12-21-17(25-14)9-10-20-18(19-3)22-13-7-8-15(23-4)16(11-13)24-6-2/h7-8,11-12H,5-6,9-10H2,1-4H3,(H2,19,20,22). The summed E-state index contributed by atoms with van der Waals surface area (Å²) in [5.74, 6) is 2.13. The predicted molar refractivity (Wildman–Crippen MR) is 104 cm³/mol. The number of rotatable bonds is 8. The van der Waals surface area contributed by atoms with E-state index in [4.69, 9.17) is 9.47 Å². The van der Waals surface area contributed by atoms with Crippen molar-refractivity contribution in [3.05, 3.63) is 34.3 Å². The van der Waals surface area contributed by atoms with Crippen molar-refractivity contribution in [2.45, 2.75) is 26.7 Å². The van der Waals surface area contributed by atoms with Crippen LogP contribution in [-0.2, 0) is 12.8 Å². The molecule has 0 saturated heterocycles. The summed E-state index contributed by atoms with van der Waals surface area (Å²) in [7, 11) is 3.38. The van der Waals surface area contributed by atoms with Gasteiger partial charge >= 0.3 is 0 Å². The number of hydrogen-bond donors (Lipinski definition) is 2. The van der Waals surface area contributed by atoms with Gasteiger partial charge in [-0.1, -0.05) is 6.92 Å². The lowest BCUT2D eigenvalue weighted by Gasteiger charge is -2.14. The zero-order valence-corrected chi connectivity index (χ0v) is 16.1. The Morgan fingerprint density at radius 2 is 2.12 bits per heavy atom. The summed E-state index contributed by atoms with van der Waals surface area (Å²) >= 11 is 1.77. The minimum absolute atomic E-state index is 0.584. The average molecular weight is 362 g/mol. The van der Waals surface area contributed by atoms with E-state index in [1.165, 1.54) is 4.88 Å². The molecule has 0 unspecified atom stereocenters. The van der Waals surface area contributed by atoms with Gasteiger partial charge in [-0.2, -0.15) is 0 Å². The maximum absolute atomic E-state index is 5.60. The van der Waals surface area contributed by atoms with Gasteiger partial charge in [0, 0.05) is 42.8 Å².